The van der Waals surface area contributed by atoms with E-state index in [9.17, 15) is 9.59 Å². The molecule has 86 valence electrons. The smallest absolute Gasteiger partial charge is 0.313 e. The fourth-order valence-corrected chi connectivity index (χ4v) is 1.21. The first-order chi connectivity index (χ1) is 7.63. The summed E-state index contributed by atoms with van der Waals surface area (Å²) in [5, 5.41) is 0. The number of rotatable bonds is 5. The third kappa shape index (κ3) is 3.85. The molecule has 3 heteroatoms. The number of ether oxygens (including phenoxy) is 1. The molecule has 0 bridgehead atoms. The summed E-state index contributed by atoms with van der Waals surface area (Å²) in [6, 6.07) is 8.76. The summed E-state index contributed by atoms with van der Waals surface area (Å²) in [6.45, 7) is 3.74. The zero-order valence-corrected chi connectivity index (χ0v) is 9.60. The Balaban J connectivity index is 2.49. The maximum atomic E-state index is 11.6. The first-order valence-electron chi connectivity index (χ1n) is 5.41. The van der Waals surface area contributed by atoms with Crippen LogP contribution in [-0.4, -0.2) is 17.9 Å². The van der Waals surface area contributed by atoms with E-state index in [1.54, 1.807) is 24.3 Å². The number of carbonyl (C=O) groups excluding carboxylic acids is 2. The number of benzene rings is 1. The van der Waals surface area contributed by atoms with Crippen LogP contribution in [0.25, 0.3) is 0 Å². The van der Waals surface area contributed by atoms with Crippen molar-refractivity contribution >= 4 is 11.8 Å². The van der Waals surface area contributed by atoms with Gasteiger partial charge in [-0.1, -0.05) is 37.3 Å². The summed E-state index contributed by atoms with van der Waals surface area (Å²) in [5.41, 5.74) is 0.545. The van der Waals surface area contributed by atoms with Gasteiger partial charge in [-0.2, -0.15) is 0 Å². The van der Waals surface area contributed by atoms with Crippen molar-refractivity contribution in [3.63, 3.8) is 0 Å². The number of carbonyl (C=O) groups is 2. The summed E-state index contributed by atoms with van der Waals surface area (Å²) >= 11 is 0. The van der Waals surface area contributed by atoms with E-state index in [-0.39, 0.29) is 18.3 Å². The molecule has 0 fully saturated rings. The SMILES string of the molecule is CCC(C)OC(=O)CC(=O)c1ccccc1. The van der Waals surface area contributed by atoms with Crippen LogP contribution in [0.5, 0.6) is 0 Å². The average molecular weight is 220 g/mol. The van der Waals surface area contributed by atoms with Gasteiger partial charge in [-0.15, -0.1) is 0 Å². The van der Waals surface area contributed by atoms with E-state index >= 15 is 0 Å². The van der Waals surface area contributed by atoms with Gasteiger partial charge in [0.2, 0.25) is 0 Å². The van der Waals surface area contributed by atoms with Crippen LogP contribution in [0.2, 0.25) is 0 Å². The lowest BCUT2D eigenvalue weighted by Gasteiger charge is -2.10. The molecule has 16 heavy (non-hydrogen) atoms. The van der Waals surface area contributed by atoms with E-state index < -0.39 is 5.97 Å². The Morgan fingerprint density at radius 2 is 1.88 bits per heavy atom. The Hall–Kier alpha value is -1.64. The third-order valence-electron chi connectivity index (χ3n) is 2.31. The Kier molecular flexibility index (Phi) is 4.70. The van der Waals surface area contributed by atoms with Gasteiger partial charge in [0.15, 0.2) is 5.78 Å². The third-order valence-corrected chi connectivity index (χ3v) is 2.31. The predicted molar refractivity (Wildman–Crippen MR) is 61.2 cm³/mol. The summed E-state index contributed by atoms with van der Waals surface area (Å²) in [7, 11) is 0. The van der Waals surface area contributed by atoms with Crippen molar-refractivity contribution < 1.29 is 14.3 Å². The molecule has 0 spiro atoms. The van der Waals surface area contributed by atoms with Crippen LogP contribution >= 0.6 is 0 Å². The second kappa shape index (κ2) is 6.05. The van der Waals surface area contributed by atoms with Gasteiger partial charge < -0.3 is 4.74 Å². The molecule has 3 nitrogen and oxygen atoms in total. The van der Waals surface area contributed by atoms with E-state index in [2.05, 4.69) is 0 Å². The van der Waals surface area contributed by atoms with E-state index in [0.717, 1.165) is 6.42 Å². The molecule has 1 rings (SSSR count). The molecule has 1 aromatic rings. The molecule has 1 aromatic carbocycles. The molecule has 0 radical (unpaired) electrons. The number of hydrogen-bond donors (Lipinski definition) is 0. The molecular weight excluding hydrogens is 204 g/mol. The highest BCUT2D eigenvalue weighted by molar-refractivity contribution is 6.05. The largest absolute Gasteiger partial charge is 0.462 e. The first kappa shape index (κ1) is 12.4. The molecule has 0 aliphatic heterocycles. The molecule has 0 saturated heterocycles. The van der Waals surface area contributed by atoms with E-state index in [1.807, 2.05) is 19.9 Å². The molecule has 1 unspecified atom stereocenters. The maximum Gasteiger partial charge on any atom is 0.313 e. The molecule has 0 aliphatic rings. The van der Waals surface area contributed by atoms with Crippen LogP contribution in [0.4, 0.5) is 0 Å². The van der Waals surface area contributed by atoms with Gasteiger partial charge >= 0.3 is 5.97 Å². The standard InChI is InChI=1S/C13H16O3/c1-3-10(2)16-13(15)9-12(14)11-7-5-4-6-8-11/h4-8,10H,3,9H2,1-2H3. The fraction of sp³-hybridized carbons (Fsp3) is 0.385. The van der Waals surface area contributed by atoms with Gasteiger partial charge in [0.1, 0.15) is 6.42 Å². The minimum Gasteiger partial charge on any atom is -0.462 e. The number of esters is 1. The first-order valence-corrected chi connectivity index (χ1v) is 5.41. The van der Waals surface area contributed by atoms with Gasteiger partial charge in [0.05, 0.1) is 6.10 Å². The van der Waals surface area contributed by atoms with Crippen molar-refractivity contribution in [3.05, 3.63) is 35.9 Å². The van der Waals surface area contributed by atoms with Crippen LogP contribution in [0, 0.1) is 0 Å². The molecule has 0 aromatic heterocycles. The lowest BCUT2D eigenvalue weighted by atomic mass is 10.1. The van der Waals surface area contributed by atoms with Crippen molar-refractivity contribution in [2.24, 2.45) is 0 Å². The number of hydrogen-bond acceptors (Lipinski definition) is 3. The van der Waals surface area contributed by atoms with Crippen molar-refractivity contribution in [1.29, 1.82) is 0 Å². The van der Waals surface area contributed by atoms with Gasteiger partial charge in [0.25, 0.3) is 0 Å². The summed E-state index contributed by atoms with van der Waals surface area (Å²) in [5.74, 6) is -0.655. The Morgan fingerprint density at radius 3 is 2.44 bits per heavy atom. The molecule has 0 aliphatic carbocycles. The molecule has 0 saturated carbocycles. The zero-order chi connectivity index (χ0) is 12.0. The second-order valence-electron chi connectivity index (χ2n) is 3.67. The fourth-order valence-electron chi connectivity index (χ4n) is 1.21. The molecule has 0 N–H and O–H groups in total. The number of Topliss-reactive ketones (excluding diaryl/α,β-unsaturated/α-hetero) is 1. The molecular formula is C13H16O3. The summed E-state index contributed by atoms with van der Waals surface area (Å²) in [6.07, 6.45) is 0.440. The highest BCUT2D eigenvalue weighted by Crippen LogP contribution is 2.05. The monoisotopic (exact) mass is 220 g/mol. The molecule has 1 atom stereocenters. The van der Waals surface area contributed by atoms with Crippen molar-refractivity contribution in [2.45, 2.75) is 32.8 Å². The topological polar surface area (TPSA) is 43.4 Å². The molecule has 0 amide bonds. The average Bonchev–Trinajstić information content (AvgIpc) is 2.29. The summed E-state index contributed by atoms with van der Waals surface area (Å²) in [4.78, 5) is 23.0. The second-order valence-corrected chi connectivity index (χ2v) is 3.67. The van der Waals surface area contributed by atoms with Crippen molar-refractivity contribution in [3.8, 4) is 0 Å². The highest BCUT2D eigenvalue weighted by Gasteiger charge is 2.14. The van der Waals surface area contributed by atoms with Crippen LogP contribution in [0.1, 0.15) is 37.0 Å². The van der Waals surface area contributed by atoms with E-state index in [0.29, 0.717) is 5.56 Å². The lowest BCUT2D eigenvalue weighted by Crippen LogP contribution is -2.17. The molecule has 0 heterocycles. The van der Waals surface area contributed by atoms with E-state index in [4.69, 9.17) is 4.74 Å². The zero-order valence-electron chi connectivity index (χ0n) is 9.60. The van der Waals surface area contributed by atoms with Gasteiger partial charge in [-0.25, -0.2) is 0 Å². The Bertz CT molecular complexity index is 357. The lowest BCUT2D eigenvalue weighted by molar-refractivity contribution is -0.147. The summed E-state index contributed by atoms with van der Waals surface area (Å²) < 4.78 is 5.03. The highest BCUT2D eigenvalue weighted by atomic mass is 16.5. The Labute approximate surface area is 95.4 Å². The van der Waals surface area contributed by atoms with Crippen LogP contribution in [0.15, 0.2) is 30.3 Å². The minimum absolute atomic E-state index is 0.129. The van der Waals surface area contributed by atoms with Gasteiger partial charge in [0, 0.05) is 5.56 Å². The minimum atomic E-state index is -0.455. The van der Waals surface area contributed by atoms with Gasteiger partial charge in [-0.3, -0.25) is 9.59 Å². The van der Waals surface area contributed by atoms with Crippen molar-refractivity contribution in [2.75, 3.05) is 0 Å². The van der Waals surface area contributed by atoms with E-state index in [1.165, 1.54) is 0 Å². The quantitative estimate of drug-likeness (QED) is 0.435. The van der Waals surface area contributed by atoms with Crippen LogP contribution in [-0.2, 0) is 9.53 Å². The predicted octanol–water partition coefficient (Wildman–Crippen LogP) is 2.60. The number of ketones is 1. The normalized spacial score (nSPS) is 11.9. The van der Waals surface area contributed by atoms with Crippen molar-refractivity contribution in [1.82, 2.24) is 0 Å². The van der Waals surface area contributed by atoms with Crippen LogP contribution in [0.3, 0.4) is 0 Å². The maximum absolute atomic E-state index is 11.6. The Morgan fingerprint density at radius 1 is 1.25 bits per heavy atom. The van der Waals surface area contributed by atoms with Crippen LogP contribution < -0.4 is 0 Å². The van der Waals surface area contributed by atoms with Gasteiger partial charge in [-0.05, 0) is 13.3 Å².